The molecule has 6 nitrogen and oxygen atoms in total. The highest BCUT2D eigenvalue weighted by Crippen LogP contribution is 2.64. The van der Waals surface area contributed by atoms with E-state index in [0.717, 1.165) is 36.8 Å². The second kappa shape index (κ2) is 6.74. The number of hydrogen-bond acceptors (Lipinski definition) is 5. The van der Waals surface area contributed by atoms with Crippen LogP contribution in [0.4, 0.5) is 13.2 Å². The van der Waals surface area contributed by atoms with Gasteiger partial charge in [0.2, 0.25) is 5.91 Å². The van der Waals surface area contributed by atoms with Gasteiger partial charge in [0.1, 0.15) is 5.60 Å². The largest absolute Gasteiger partial charge is 0.516 e. The van der Waals surface area contributed by atoms with Crippen molar-refractivity contribution in [3.63, 3.8) is 0 Å². The van der Waals surface area contributed by atoms with E-state index in [9.17, 15) is 31.2 Å². The average molecular weight is 423 g/mol. The lowest BCUT2D eigenvalue weighted by Crippen LogP contribution is -2.57. The molecule has 0 aliphatic heterocycles. The van der Waals surface area contributed by atoms with Crippen LogP contribution in [0.2, 0.25) is 0 Å². The quantitative estimate of drug-likeness (QED) is 0.524. The van der Waals surface area contributed by atoms with E-state index in [1.54, 1.807) is 6.92 Å². The summed E-state index contributed by atoms with van der Waals surface area (Å²) in [5.74, 6) is -0.950. The zero-order chi connectivity index (χ0) is 21.0. The van der Waals surface area contributed by atoms with Gasteiger partial charge in [-0.2, -0.15) is 21.6 Å². The summed E-state index contributed by atoms with van der Waals surface area (Å²) >= 11 is 0. The SMILES string of the molecule is C=C(C)C(=O)OC12CC3CC(CC(CCC(=O)NS(=O)(=O)C(F)(F)F)(C3)C1)C2. The molecule has 2 unspecified atom stereocenters. The van der Waals surface area contributed by atoms with Gasteiger partial charge < -0.3 is 4.74 Å². The fourth-order valence-corrected chi connectivity index (χ4v) is 6.22. The zero-order valence-corrected chi connectivity index (χ0v) is 16.4. The fourth-order valence-electron chi connectivity index (χ4n) is 5.70. The van der Waals surface area contributed by atoms with Crippen LogP contribution in [0.5, 0.6) is 0 Å². The summed E-state index contributed by atoms with van der Waals surface area (Å²) in [6.07, 6.45) is 4.64. The minimum atomic E-state index is -5.69. The van der Waals surface area contributed by atoms with E-state index in [-0.39, 0.29) is 18.3 Å². The monoisotopic (exact) mass is 423 g/mol. The molecule has 0 spiro atoms. The number of amides is 1. The Hall–Kier alpha value is -1.58. The van der Waals surface area contributed by atoms with Crippen LogP contribution in [0.3, 0.4) is 0 Å². The maximum absolute atomic E-state index is 12.4. The van der Waals surface area contributed by atoms with E-state index in [2.05, 4.69) is 6.58 Å². The Bertz CT molecular complexity index is 791. The highest BCUT2D eigenvalue weighted by Gasteiger charge is 2.59. The van der Waals surface area contributed by atoms with Crippen LogP contribution in [0.1, 0.15) is 58.3 Å². The summed E-state index contributed by atoms with van der Waals surface area (Å²) < 4.78 is 66.4. The smallest absolute Gasteiger partial charge is 0.456 e. The van der Waals surface area contributed by atoms with Crippen LogP contribution in [-0.2, 0) is 24.3 Å². The molecule has 0 heterocycles. The maximum Gasteiger partial charge on any atom is 0.516 e. The number of esters is 1. The normalized spacial score (nSPS) is 34.1. The Morgan fingerprint density at radius 3 is 2.25 bits per heavy atom. The fraction of sp³-hybridized carbons (Fsp3) is 0.778. The molecule has 4 fully saturated rings. The molecule has 0 aromatic heterocycles. The van der Waals surface area contributed by atoms with Gasteiger partial charge in [-0.3, -0.25) is 4.79 Å². The predicted octanol–water partition coefficient (Wildman–Crippen LogP) is 3.19. The van der Waals surface area contributed by atoms with Crippen LogP contribution >= 0.6 is 0 Å². The molecular weight excluding hydrogens is 399 g/mol. The molecule has 4 aliphatic carbocycles. The van der Waals surface area contributed by atoms with Gasteiger partial charge in [-0.05, 0) is 69.1 Å². The van der Waals surface area contributed by atoms with Crippen LogP contribution in [-0.4, -0.2) is 31.4 Å². The number of nitrogens with one attached hydrogen (secondary N) is 1. The Balaban J connectivity index is 1.68. The van der Waals surface area contributed by atoms with Crippen LogP contribution in [0, 0.1) is 17.3 Å². The summed E-state index contributed by atoms with van der Waals surface area (Å²) in [5.41, 5.74) is -6.15. The zero-order valence-electron chi connectivity index (χ0n) is 15.6. The van der Waals surface area contributed by atoms with Gasteiger partial charge in [-0.1, -0.05) is 6.58 Å². The molecule has 1 N–H and O–H groups in total. The number of rotatable bonds is 6. The van der Waals surface area contributed by atoms with Gasteiger partial charge in [0.25, 0.3) is 0 Å². The number of hydrogen-bond donors (Lipinski definition) is 1. The molecule has 4 aliphatic rings. The molecule has 0 aromatic rings. The molecule has 0 saturated heterocycles. The van der Waals surface area contributed by atoms with Gasteiger partial charge in [0, 0.05) is 12.0 Å². The minimum Gasteiger partial charge on any atom is -0.456 e. The van der Waals surface area contributed by atoms with Gasteiger partial charge in [0.05, 0.1) is 0 Å². The number of sulfonamides is 1. The van der Waals surface area contributed by atoms with Crippen molar-refractivity contribution in [2.45, 2.75) is 69.4 Å². The Morgan fingerprint density at radius 2 is 1.75 bits per heavy atom. The molecular formula is C18H24F3NO5S. The maximum atomic E-state index is 12.4. The first-order chi connectivity index (χ1) is 12.7. The molecule has 4 saturated carbocycles. The van der Waals surface area contributed by atoms with Crippen LogP contribution < -0.4 is 4.72 Å². The average Bonchev–Trinajstić information content (AvgIpc) is 2.49. The summed E-state index contributed by atoms with van der Waals surface area (Å²) in [5, 5.41) is 0. The number of alkyl halides is 3. The third-order valence-corrected chi connectivity index (χ3v) is 7.33. The number of carbonyl (C=O) groups is 2. The van der Waals surface area contributed by atoms with Crippen molar-refractivity contribution >= 4 is 21.9 Å². The second-order valence-corrected chi connectivity index (χ2v) is 10.5. The molecule has 1 amide bonds. The lowest BCUT2D eigenvalue weighted by atomic mass is 9.47. The van der Waals surface area contributed by atoms with E-state index >= 15 is 0 Å². The molecule has 4 bridgehead atoms. The summed E-state index contributed by atoms with van der Waals surface area (Å²) in [6.45, 7) is 5.18. The third-order valence-electron chi connectivity index (χ3n) is 6.22. The van der Waals surface area contributed by atoms with E-state index in [4.69, 9.17) is 4.74 Å². The van der Waals surface area contributed by atoms with Crippen molar-refractivity contribution in [2.75, 3.05) is 0 Å². The highest BCUT2D eigenvalue weighted by atomic mass is 32.2. The lowest BCUT2D eigenvalue weighted by Gasteiger charge is -2.61. The van der Waals surface area contributed by atoms with Crippen molar-refractivity contribution in [3.8, 4) is 0 Å². The minimum absolute atomic E-state index is 0.269. The van der Waals surface area contributed by atoms with Crippen LogP contribution in [0.25, 0.3) is 0 Å². The van der Waals surface area contributed by atoms with Crippen molar-refractivity contribution in [3.05, 3.63) is 12.2 Å². The first-order valence-electron chi connectivity index (χ1n) is 9.26. The summed E-state index contributed by atoms with van der Waals surface area (Å²) in [6, 6.07) is 0. The van der Waals surface area contributed by atoms with Crippen molar-refractivity contribution in [1.29, 1.82) is 0 Å². The van der Waals surface area contributed by atoms with Gasteiger partial charge in [-0.25, -0.2) is 9.52 Å². The first kappa shape index (κ1) is 21.1. The van der Waals surface area contributed by atoms with Gasteiger partial charge >= 0.3 is 21.5 Å². The topological polar surface area (TPSA) is 89.5 Å². The molecule has 0 aromatic carbocycles. The Morgan fingerprint density at radius 1 is 1.18 bits per heavy atom. The van der Waals surface area contributed by atoms with E-state index in [1.165, 1.54) is 0 Å². The Labute approximate surface area is 161 Å². The first-order valence-corrected chi connectivity index (χ1v) is 10.7. The second-order valence-electron chi connectivity index (χ2n) is 8.79. The number of halogens is 3. The lowest BCUT2D eigenvalue weighted by molar-refractivity contribution is -0.199. The standard InChI is InChI=1S/C18H24F3NO5S/c1-11(2)15(24)27-17-8-12-5-13(9-17)7-16(6-12,10-17)4-3-14(23)22-28(25,26)18(19,20)21/h12-13H,1,3-10H2,2H3,(H,22,23). The van der Waals surface area contributed by atoms with Gasteiger partial charge in [0.15, 0.2) is 0 Å². The predicted molar refractivity (Wildman–Crippen MR) is 93.1 cm³/mol. The van der Waals surface area contributed by atoms with Crippen molar-refractivity contribution < 1.29 is 35.9 Å². The highest BCUT2D eigenvalue weighted by molar-refractivity contribution is 7.90. The molecule has 28 heavy (non-hydrogen) atoms. The van der Waals surface area contributed by atoms with Crippen molar-refractivity contribution in [2.24, 2.45) is 17.3 Å². The molecule has 0 radical (unpaired) electrons. The van der Waals surface area contributed by atoms with Crippen LogP contribution in [0.15, 0.2) is 12.2 Å². The van der Waals surface area contributed by atoms with E-state index in [0.29, 0.717) is 23.8 Å². The summed E-state index contributed by atoms with van der Waals surface area (Å²) in [4.78, 5) is 23.9. The Kier molecular flexibility index (Phi) is 5.09. The molecule has 10 heteroatoms. The van der Waals surface area contributed by atoms with E-state index < -0.39 is 33.0 Å². The molecule has 4 rings (SSSR count). The molecule has 158 valence electrons. The summed E-state index contributed by atoms with van der Waals surface area (Å²) in [7, 11) is -5.69. The van der Waals surface area contributed by atoms with E-state index in [1.807, 2.05) is 0 Å². The molecule has 2 atom stereocenters. The van der Waals surface area contributed by atoms with Crippen molar-refractivity contribution in [1.82, 2.24) is 4.72 Å². The number of ether oxygens (including phenoxy) is 1. The van der Waals surface area contributed by atoms with Gasteiger partial charge in [-0.15, -0.1) is 0 Å². The third kappa shape index (κ3) is 4.06. The number of carbonyl (C=O) groups excluding carboxylic acids is 2.